The number of aromatic hydroxyl groups is 1. The average molecular weight is 920 g/mol. The van der Waals surface area contributed by atoms with Gasteiger partial charge in [0.15, 0.2) is 5.75 Å². The van der Waals surface area contributed by atoms with Crippen molar-refractivity contribution in [1.29, 1.82) is 5.26 Å². The number of hydrogen-bond donors (Lipinski definition) is 4. The van der Waals surface area contributed by atoms with Crippen molar-refractivity contribution in [1.82, 2.24) is 20.4 Å². The molecule has 13 nitrogen and oxygen atoms in total. The summed E-state index contributed by atoms with van der Waals surface area (Å²) in [7, 11) is 0. The van der Waals surface area contributed by atoms with Crippen LogP contribution in [0.4, 0.5) is 4.39 Å². The van der Waals surface area contributed by atoms with Crippen LogP contribution in [0.3, 0.4) is 0 Å². The number of aliphatic hydroxyl groups is 1. The number of amides is 3. The van der Waals surface area contributed by atoms with Crippen LogP contribution < -0.4 is 15.4 Å². The number of hydrogen-bond acceptors (Lipinski definition) is 11. The molecule has 4 atom stereocenters. The molecule has 348 valence electrons. The van der Waals surface area contributed by atoms with E-state index in [2.05, 4.69) is 33.7 Å². The van der Waals surface area contributed by atoms with Gasteiger partial charge in [-0.1, -0.05) is 57.2 Å². The second kappa shape index (κ2) is 21.6. The lowest BCUT2D eigenvalue weighted by Crippen LogP contribution is -2.58. The molecule has 2 saturated heterocycles. The van der Waals surface area contributed by atoms with Crippen LogP contribution in [0.25, 0.3) is 20.5 Å². The molecule has 2 fully saturated rings. The fraction of sp³-hybridized carbons (Fsp3) is 0.412. The van der Waals surface area contributed by atoms with E-state index in [1.165, 1.54) is 33.9 Å². The van der Waals surface area contributed by atoms with Crippen LogP contribution in [0.2, 0.25) is 0 Å². The first-order valence-corrected chi connectivity index (χ1v) is 23.2. The first kappa shape index (κ1) is 48.1. The summed E-state index contributed by atoms with van der Waals surface area (Å²) in [6, 6.07) is 26.4. The van der Waals surface area contributed by atoms with Gasteiger partial charge in [0.05, 0.1) is 48.5 Å². The van der Waals surface area contributed by atoms with Crippen molar-refractivity contribution in [2.24, 2.45) is 5.41 Å². The van der Waals surface area contributed by atoms with Crippen LogP contribution in [-0.4, -0.2) is 109 Å². The Hall–Kier alpha value is -5.89. The average Bonchev–Trinajstić information content (AvgIpc) is 3.87. The van der Waals surface area contributed by atoms with Gasteiger partial charge in [-0.3, -0.25) is 14.4 Å². The van der Waals surface area contributed by atoms with Crippen LogP contribution in [-0.2, 0) is 23.9 Å². The number of nitriles is 1. The lowest BCUT2D eigenvalue weighted by Gasteiger charge is -2.35. The molecule has 66 heavy (non-hydrogen) atoms. The predicted molar refractivity (Wildman–Crippen MR) is 251 cm³/mol. The monoisotopic (exact) mass is 919 g/mol. The number of β-amino-alcohol motifs (C(OH)–C–C–N with tert-alkyl or cyclic N) is 1. The van der Waals surface area contributed by atoms with Crippen molar-refractivity contribution in [2.45, 2.75) is 77.1 Å². The molecule has 1 aromatic heterocycles. The standard InChI is InChI=1S/C51H58FN5O8S/c1-32(34-7-5-33(29-53)6-8-34)54-49(61)43-27-40(59)30-57(43)50(62)48(51(2,3)4)55-45(60)31-64-26-25-63-24-23-56-21-19-36(20-22-56)35-11-16-41(17-12-35)65-46-42-18-15-39(58)28-44(42)66-47(46)37-9-13-38(52)14-10-37/h5-18,28,32,36,40,43,48,58-59H,19-27,30-31H2,1-4H3,(H,54,61)(H,55,60)/t32-,40?,43?,48+/m0/s1. The highest BCUT2D eigenvalue weighted by Gasteiger charge is 2.44. The Morgan fingerprint density at radius 2 is 1.62 bits per heavy atom. The molecule has 3 amide bonds. The first-order valence-electron chi connectivity index (χ1n) is 22.4. The molecule has 4 N–H and O–H groups in total. The van der Waals surface area contributed by atoms with Gasteiger partial charge in [0.2, 0.25) is 17.7 Å². The van der Waals surface area contributed by atoms with E-state index in [0.717, 1.165) is 58.6 Å². The number of nitrogens with zero attached hydrogens (tertiary/aromatic N) is 3. The van der Waals surface area contributed by atoms with Gasteiger partial charge in [0.1, 0.15) is 36.0 Å². The van der Waals surface area contributed by atoms with Gasteiger partial charge >= 0.3 is 0 Å². The second-order valence-corrected chi connectivity index (χ2v) is 19.2. The van der Waals surface area contributed by atoms with E-state index >= 15 is 0 Å². The third kappa shape index (κ3) is 12.1. The number of likely N-dealkylation sites (tertiary alicyclic amines) is 2. The minimum atomic E-state index is -0.974. The lowest BCUT2D eigenvalue weighted by molar-refractivity contribution is -0.144. The molecule has 0 saturated carbocycles. The fourth-order valence-corrected chi connectivity index (χ4v) is 9.68. The molecular weight excluding hydrogens is 862 g/mol. The number of carbonyl (C=O) groups excluding carboxylic acids is 3. The Morgan fingerprint density at radius 3 is 2.30 bits per heavy atom. The lowest BCUT2D eigenvalue weighted by atomic mass is 9.85. The summed E-state index contributed by atoms with van der Waals surface area (Å²) >= 11 is 1.49. The summed E-state index contributed by atoms with van der Waals surface area (Å²) in [5.41, 5.74) is 2.68. The van der Waals surface area contributed by atoms with Crippen molar-refractivity contribution in [3.63, 3.8) is 0 Å². The largest absolute Gasteiger partial charge is 0.508 e. The number of halogens is 1. The molecule has 0 radical (unpaired) electrons. The highest BCUT2D eigenvalue weighted by molar-refractivity contribution is 7.22. The summed E-state index contributed by atoms with van der Waals surface area (Å²) < 4.78 is 32.5. The third-order valence-electron chi connectivity index (χ3n) is 12.2. The molecule has 0 bridgehead atoms. The van der Waals surface area contributed by atoms with Gasteiger partial charge in [0.25, 0.3) is 0 Å². The predicted octanol–water partition coefficient (Wildman–Crippen LogP) is 7.66. The number of thiophene rings is 1. The normalized spacial score (nSPS) is 17.9. The Balaban J connectivity index is 0.808. The molecule has 4 aromatic carbocycles. The number of ether oxygens (including phenoxy) is 3. The molecule has 15 heteroatoms. The third-order valence-corrected chi connectivity index (χ3v) is 13.4. The van der Waals surface area contributed by atoms with E-state index in [9.17, 15) is 29.0 Å². The molecule has 0 aliphatic carbocycles. The zero-order valence-electron chi connectivity index (χ0n) is 37.8. The zero-order valence-corrected chi connectivity index (χ0v) is 38.6. The van der Waals surface area contributed by atoms with Crippen molar-refractivity contribution < 1.29 is 43.2 Å². The number of piperidine rings is 1. The first-order chi connectivity index (χ1) is 31.7. The van der Waals surface area contributed by atoms with E-state index in [-0.39, 0.29) is 37.7 Å². The zero-order chi connectivity index (χ0) is 47.0. The Labute approximate surface area is 389 Å². The number of phenolic OH excluding ortho intramolecular Hbond substituents is 1. The van der Waals surface area contributed by atoms with Gasteiger partial charge in [-0.2, -0.15) is 5.26 Å². The van der Waals surface area contributed by atoms with Gasteiger partial charge in [0, 0.05) is 29.6 Å². The number of carbonyl (C=O) groups is 3. The number of rotatable bonds is 17. The van der Waals surface area contributed by atoms with Crippen molar-refractivity contribution in [3.8, 4) is 33.8 Å². The maximum atomic E-state index is 13.9. The molecule has 5 aromatic rings. The Kier molecular flexibility index (Phi) is 15.7. The van der Waals surface area contributed by atoms with Gasteiger partial charge in [-0.15, -0.1) is 11.3 Å². The summed E-state index contributed by atoms with van der Waals surface area (Å²) in [4.78, 5) is 45.0. The van der Waals surface area contributed by atoms with Crippen LogP contribution in [0, 0.1) is 22.6 Å². The highest BCUT2D eigenvalue weighted by atomic mass is 32.1. The summed E-state index contributed by atoms with van der Waals surface area (Å²) in [5, 5.41) is 36.3. The maximum Gasteiger partial charge on any atom is 0.246 e. The number of aliphatic hydroxyl groups excluding tert-OH is 1. The van der Waals surface area contributed by atoms with Crippen molar-refractivity contribution >= 4 is 39.1 Å². The van der Waals surface area contributed by atoms with E-state index in [4.69, 9.17) is 19.5 Å². The summed E-state index contributed by atoms with van der Waals surface area (Å²) in [6.45, 7) is 10.6. The van der Waals surface area contributed by atoms with Crippen molar-refractivity contribution in [2.75, 3.05) is 52.6 Å². The molecule has 2 aliphatic rings. The van der Waals surface area contributed by atoms with Crippen LogP contribution in [0.1, 0.15) is 75.6 Å². The van der Waals surface area contributed by atoms with E-state index in [1.54, 1.807) is 48.5 Å². The molecule has 0 spiro atoms. The highest BCUT2D eigenvalue weighted by Crippen LogP contribution is 2.47. The SMILES string of the molecule is C[C@H](NC(=O)C1CC(O)CN1C(=O)[C@@H](NC(=O)COCCOCCN1CCC(c2ccc(Oc3c(-c4ccc(F)cc4)sc4cc(O)ccc34)cc2)CC1)C(C)(C)C)c1ccc(C#N)cc1. The van der Waals surface area contributed by atoms with E-state index < -0.39 is 47.4 Å². The van der Waals surface area contributed by atoms with Gasteiger partial charge < -0.3 is 44.9 Å². The molecule has 7 rings (SSSR count). The molecular formula is C51H58FN5O8S. The number of benzene rings is 4. The molecule has 3 heterocycles. The van der Waals surface area contributed by atoms with Crippen LogP contribution in [0.5, 0.6) is 17.2 Å². The summed E-state index contributed by atoms with van der Waals surface area (Å²) in [5.74, 6) is 0.307. The fourth-order valence-electron chi connectivity index (χ4n) is 8.51. The second-order valence-electron chi connectivity index (χ2n) is 18.1. The minimum Gasteiger partial charge on any atom is -0.508 e. The van der Waals surface area contributed by atoms with Crippen molar-refractivity contribution in [3.05, 3.63) is 114 Å². The smallest absolute Gasteiger partial charge is 0.246 e. The maximum absolute atomic E-state index is 13.9. The van der Waals surface area contributed by atoms with Gasteiger partial charge in [-0.25, -0.2) is 4.39 Å². The molecule has 2 unspecified atom stereocenters. The van der Waals surface area contributed by atoms with Crippen LogP contribution in [0.15, 0.2) is 91.0 Å². The van der Waals surface area contributed by atoms with E-state index in [0.29, 0.717) is 36.2 Å². The van der Waals surface area contributed by atoms with E-state index in [1.807, 2.05) is 45.9 Å². The van der Waals surface area contributed by atoms with Gasteiger partial charge in [-0.05, 0) is 115 Å². The number of phenols is 1. The molecule has 2 aliphatic heterocycles. The number of nitrogens with one attached hydrogen (secondary N) is 2. The Morgan fingerprint density at radius 1 is 0.924 bits per heavy atom. The topological polar surface area (TPSA) is 174 Å². The minimum absolute atomic E-state index is 0.0348. The van der Waals surface area contributed by atoms with Crippen LogP contribution >= 0.6 is 11.3 Å². The number of fused-ring (bicyclic) bond motifs is 1. The quantitative estimate of drug-likeness (QED) is 0.0679. The summed E-state index contributed by atoms with van der Waals surface area (Å²) in [6.07, 6.45) is 1.20. The Bertz CT molecular complexity index is 2500.